The fourth-order valence-corrected chi connectivity index (χ4v) is 1.76. The van der Waals surface area contributed by atoms with Crippen molar-refractivity contribution in [2.75, 3.05) is 13.6 Å². The molecule has 96 valence electrons. The molecule has 0 unspecified atom stereocenters. The first-order chi connectivity index (χ1) is 8.06. The summed E-state index contributed by atoms with van der Waals surface area (Å²) in [5.41, 5.74) is 7.73. The van der Waals surface area contributed by atoms with Crippen molar-refractivity contribution in [2.24, 2.45) is 5.73 Å². The van der Waals surface area contributed by atoms with Gasteiger partial charge in [0.2, 0.25) is 0 Å². The van der Waals surface area contributed by atoms with E-state index in [1.807, 2.05) is 11.7 Å². The highest BCUT2D eigenvalue weighted by atomic mass is 15.3. The molecular formula is C12H23N5. The van der Waals surface area contributed by atoms with Crippen molar-refractivity contribution in [1.82, 2.24) is 14.7 Å². The molecule has 3 N–H and O–H groups in total. The van der Waals surface area contributed by atoms with Crippen molar-refractivity contribution >= 4 is 5.84 Å². The minimum atomic E-state index is 0.245. The fraction of sp³-hybridized carbons (Fsp3) is 0.667. The third-order valence-electron chi connectivity index (χ3n) is 2.77. The molecular weight excluding hydrogens is 214 g/mol. The molecule has 0 bridgehead atoms. The minimum absolute atomic E-state index is 0.245. The van der Waals surface area contributed by atoms with E-state index in [0.29, 0.717) is 6.42 Å². The monoisotopic (exact) mass is 237 g/mol. The molecule has 0 aromatic carbocycles. The van der Waals surface area contributed by atoms with Crippen molar-refractivity contribution in [1.29, 1.82) is 5.41 Å². The standard InChI is InChI=1S/C12H23N5/c1-4-10-8-11(17(5-2)15-10)9-16(3)7-6-12(13)14/h8H,4-7,9H2,1-3H3,(H3,13,14). The van der Waals surface area contributed by atoms with Crippen LogP contribution < -0.4 is 5.73 Å². The predicted octanol–water partition coefficient (Wildman–Crippen LogP) is 1.22. The second-order valence-corrected chi connectivity index (χ2v) is 4.31. The van der Waals surface area contributed by atoms with Crippen LogP contribution in [-0.2, 0) is 19.5 Å². The summed E-state index contributed by atoms with van der Waals surface area (Å²) in [5, 5.41) is 11.7. The Kier molecular flexibility index (Phi) is 5.15. The van der Waals surface area contributed by atoms with Crippen molar-refractivity contribution in [2.45, 2.75) is 39.8 Å². The molecule has 1 aromatic heterocycles. The summed E-state index contributed by atoms with van der Waals surface area (Å²) in [6.45, 7) is 6.78. The number of aromatic nitrogens is 2. The lowest BCUT2D eigenvalue weighted by molar-refractivity contribution is 0.324. The van der Waals surface area contributed by atoms with Crippen molar-refractivity contribution in [3.05, 3.63) is 17.5 Å². The third kappa shape index (κ3) is 4.19. The number of amidine groups is 1. The zero-order valence-corrected chi connectivity index (χ0v) is 11.0. The second kappa shape index (κ2) is 6.39. The number of hydrogen-bond acceptors (Lipinski definition) is 3. The molecule has 0 saturated carbocycles. The smallest absolute Gasteiger partial charge is 0.0918 e. The zero-order valence-electron chi connectivity index (χ0n) is 11.0. The van der Waals surface area contributed by atoms with Crippen LogP contribution in [0.4, 0.5) is 0 Å². The lowest BCUT2D eigenvalue weighted by atomic mass is 10.3. The van der Waals surface area contributed by atoms with Gasteiger partial charge in [0, 0.05) is 26.1 Å². The summed E-state index contributed by atoms with van der Waals surface area (Å²) in [4.78, 5) is 2.17. The lowest BCUT2D eigenvalue weighted by Gasteiger charge is -2.16. The average molecular weight is 237 g/mol. The lowest BCUT2D eigenvalue weighted by Crippen LogP contribution is -2.25. The Morgan fingerprint density at radius 1 is 1.53 bits per heavy atom. The van der Waals surface area contributed by atoms with Gasteiger partial charge in [-0.25, -0.2) is 0 Å². The Bertz CT molecular complexity index is 369. The topological polar surface area (TPSA) is 70.9 Å². The molecule has 1 rings (SSSR count). The van der Waals surface area contributed by atoms with Crippen molar-refractivity contribution < 1.29 is 0 Å². The molecule has 1 heterocycles. The van der Waals surface area contributed by atoms with Crippen LogP contribution in [0.5, 0.6) is 0 Å². The normalized spacial score (nSPS) is 11.1. The SMILES string of the molecule is CCc1cc(CN(C)CCC(=N)N)n(CC)n1. The molecule has 5 nitrogen and oxygen atoms in total. The van der Waals surface area contributed by atoms with Gasteiger partial charge in [0.05, 0.1) is 17.2 Å². The molecule has 0 aliphatic carbocycles. The Hall–Kier alpha value is -1.36. The minimum Gasteiger partial charge on any atom is -0.388 e. The van der Waals surface area contributed by atoms with Crippen LogP contribution in [0, 0.1) is 5.41 Å². The summed E-state index contributed by atoms with van der Waals surface area (Å²) in [7, 11) is 2.04. The molecule has 0 aliphatic heterocycles. The Morgan fingerprint density at radius 3 is 2.76 bits per heavy atom. The highest BCUT2D eigenvalue weighted by Gasteiger charge is 2.08. The first-order valence-corrected chi connectivity index (χ1v) is 6.13. The number of aryl methyl sites for hydroxylation is 2. The first kappa shape index (κ1) is 13.7. The van der Waals surface area contributed by atoms with E-state index in [9.17, 15) is 0 Å². The quantitative estimate of drug-likeness (QED) is 0.553. The molecule has 0 amide bonds. The number of rotatable bonds is 7. The molecule has 0 spiro atoms. The largest absolute Gasteiger partial charge is 0.388 e. The number of nitrogens with zero attached hydrogens (tertiary/aromatic N) is 3. The molecule has 0 atom stereocenters. The summed E-state index contributed by atoms with van der Waals surface area (Å²) in [5.74, 6) is 0.245. The van der Waals surface area contributed by atoms with Crippen LogP contribution in [0.2, 0.25) is 0 Å². The highest BCUT2D eigenvalue weighted by Crippen LogP contribution is 2.08. The average Bonchev–Trinajstić information content (AvgIpc) is 2.68. The molecule has 0 radical (unpaired) electrons. The van der Waals surface area contributed by atoms with Gasteiger partial charge in [-0.05, 0) is 26.5 Å². The van der Waals surface area contributed by atoms with E-state index in [-0.39, 0.29) is 5.84 Å². The maximum atomic E-state index is 7.21. The Morgan fingerprint density at radius 2 is 2.24 bits per heavy atom. The Balaban J connectivity index is 2.60. The van der Waals surface area contributed by atoms with Gasteiger partial charge >= 0.3 is 0 Å². The maximum absolute atomic E-state index is 7.21. The maximum Gasteiger partial charge on any atom is 0.0918 e. The van der Waals surface area contributed by atoms with Crippen LogP contribution in [-0.4, -0.2) is 34.1 Å². The van der Waals surface area contributed by atoms with Crippen molar-refractivity contribution in [3.8, 4) is 0 Å². The number of nitrogens with one attached hydrogen (secondary N) is 1. The molecule has 1 aromatic rings. The van der Waals surface area contributed by atoms with Gasteiger partial charge in [-0.15, -0.1) is 0 Å². The van der Waals surface area contributed by atoms with E-state index >= 15 is 0 Å². The van der Waals surface area contributed by atoms with Crippen LogP contribution in [0.1, 0.15) is 31.7 Å². The van der Waals surface area contributed by atoms with Gasteiger partial charge in [0.25, 0.3) is 0 Å². The zero-order chi connectivity index (χ0) is 12.8. The van der Waals surface area contributed by atoms with Crippen LogP contribution >= 0.6 is 0 Å². The second-order valence-electron chi connectivity index (χ2n) is 4.31. The number of hydrogen-bond donors (Lipinski definition) is 2. The molecule has 5 heteroatoms. The molecule has 0 saturated heterocycles. The summed E-state index contributed by atoms with van der Waals surface area (Å²) < 4.78 is 2.04. The van der Waals surface area contributed by atoms with E-state index < -0.39 is 0 Å². The van der Waals surface area contributed by atoms with Crippen LogP contribution in [0.3, 0.4) is 0 Å². The van der Waals surface area contributed by atoms with Crippen molar-refractivity contribution in [3.63, 3.8) is 0 Å². The number of nitrogens with two attached hydrogens (primary N) is 1. The third-order valence-corrected chi connectivity index (χ3v) is 2.77. The summed E-state index contributed by atoms with van der Waals surface area (Å²) in [6, 6.07) is 2.16. The van der Waals surface area contributed by atoms with Gasteiger partial charge in [0.1, 0.15) is 0 Å². The molecule has 0 fully saturated rings. The van der Waals surface area contributed by atoms with E-state index in [1.165, 1.54) is 5.69 Å². The highest BCUT2D eigenvalue weighted by molar-refractivity contribution is 5.76. The summed E-state index contributed by atoms with van der Waals surface area (Å²) in [6.07, 6.45) is 1.59. The van der Waals surface area contributed by atoms with Gasteiger partial charge in [-0.2, -0.15) is 5.10 Å². The molecule has 17 heavy (non-hydrogen) atoms. The summed E-state index contributed by atoms with van der Waals surface area (Å²) >= 11 is 0. The van der Waals surface area contributed by atoms with E-state index in [1.54, 1.807) is 0 Å². The van der Waals surface area contributed by atoms with Gasteiger partial charge in [0.15, 0.2) is 0 Å². The first-order valence-electron chi connectivity index (χ1n) is 6.13. The van der Waals surface area contributed by atoms with Gasteiger partial charge in [-0.3, -0.25) is 10.1 Å². The van der Waals surface area contributed by atoms with E-state index in [0.717, 1.165) is 31.7 Å². The fourth-order valence-electron chi connectivity index (χ4n) is 1.76. The predicted molar refractivity (Wildman–Crippen MR) is 70.1 cm³/mol. The van der Waals surface area contributed by atoms with Crippen LogP contribution in [0.15, 0.2) is 6.07 Å². The van der Waals surface area contributed by atoms with Gasteiger partial charge in [-0.1, -0.05) is 6.92 Å². The Labute approximate surface area is 103 Å². The van der Waals surface area contributed by atoms with Gasteiger partial charge < -0.3 is 10.6 Å². The van der Waals surface area contributed by atoms with E-state index in [4.69, 9.17) is 11.1 Å². The van der Waals surface area contributed by atoms with Crippen LogP contribution in [0.25, 0.3) is 0 Å². The molecule has 0 aliphatic rings. The van der Waals surface area contributed by atoms with E-state index in [2.05, 4.69) is 29.9 Å².